The predicted octanol–water partition coefficient (Wildman–Crippen LogP) is 2.23. The summed E-state index contributed by atoms with van der Waals surface area (Å²) in [4.78, 5) is 11.1. The minimum Gasteiger partial charge on any atom is -0.507 e. The van der Waals surface area contributed by atoms with Crippen molar-refractivity contribution in [2.45, 2.75) is 6.92 Å². The van der Waals surface area contributed by atoms with Gasteiger partial charge in [-0.15, -0.1) is 0 Å². The molecule has 0 atom stereocenters. The second-order valence-corrected chi connectivity index (χ2v) is 4.06. The fourth-order valence-corrected chi connectivity index (χ4v) is 2.02. The number of carbonyl (C=O) groups excluding carboxylic acids is 1. The maximum Gasteiger partial charge on any atom is 0.231 e. The van der Waals surface area contributed by atoms with Crippen LogP contribution in [0.5, 0.6) is 17.2 Å². The number of hydrogen-bond acceptors (Lipinski definition) is 4. The van der Waals surface area contributed by atoms with Crippen molar-refractivity contribution in [2.75, 3.05) is 12.1 Å². The summed E-state index contributed by atoms with van der Waals surface area (Å²) in [5, 5.41) is 13.9. The lowest BCUT2D eigenvalue weighted by Crippen LogP contribution is -2.05. The Morgan fingerprint density at radius 1 is 1.22 bits per heavy atom. The first-order chi connectivity index (χ1) is 8.65. The SMILES string of the molecule is CC(=O)Nc1ccc(O)c2cc3c(cc12)OCO3. The lowest BCUT2D eigenvalue weighted by Gasteiger charge is -2.09. The number of ether oxygens (including phenoxy) is 2. The highest BCUT2D eigenvalue weighted by Gasteiger charge is 2.17. The first-order valence-corrected chi connectivity index (χ1v) is 5.48. The van der Waals surface area contributed by atoms with Crippen LogP contribution in [0.15, 0.2) is 24.3 Å². The van der Waals surface area contributed by atoms with E-state index in [0.29, 0.717) is 22.6 Å². The van der Waals surface area contributed by atoms with E-state index in [9.17, 15) is 9.90 Å². The van der Waals surface area contributed by atoms with Crippen molar-refractivity contribution < 1.29 is 19.4 Å². The first kappa shape index (κ1) is 10.7. The van der Waals surface area contributed by atoms with Gasteiger partial charge in [0.05, 0.1) is 0 Å². The number of benzene rings is 2. The third kappa shape index (κ3) is 1.60. The smallest absolute Gasteiger partial charge is 0.231 e. The predicted molar refractivity (Wildman–Crippen MR) is 66.0 cm³/mol. The van der Waals surface area contributed by atoms with Crippen LogP contribution in [0.2, 0.25) is 0 Å². The van der Waals surface area contributed by atoms with Crippen LogP contribution < -0.4 is 14.8 Å². The van der Waals surface area contributed by atoms with E-state index in [1.54, 1.807) is 18.2 Å². The summed E-state index contributed by atoms with van der Waals surface area (Å²) in [6, 6.07) is 6.65. The molecule has 92 valence electrons. The third-order valence-corrected chi connectivity index (χ3v) is 2.80. The van der Waals surface area contributed by atoms with Gasteiger partial charge >= 0.3 is 0 Å². The topological polar surface area (TPSA) is 67.8 Å². The van der Waals surface area contributed by atoms with E-state index >= 15 is 0 Å². The fraction of sp³-hybridized carbons (Fsp3) is 0.154. The lowest BCUT2D eigenvalue weighted by molar-refractivity contribution is -0.114. The van der Waals surface area contributed by atoms with Crippen molar-refractivity contribution in [3.63, 3.8) is 0 Å². The van der Waals surface area contributed by atoms with Crippen LogP contribution in [0.4, 0.5) is 5.69 Å². The summed E-state index contributed by atoms with van der Waals surface area (Å²) >= 11 is 0. The molecule has 1 aliphatic heterocycles. The highest BCUT2D eigenvalue weighted by molar-refractivity contribution is 6.04. The summed E-state index contributed by atoms with van der Waals surface area (Å²) in [5.74, 6) is 1.18. The van der Waals surface area contributed by atoms with E-state index in [4.69, 9.17) is 9.47 Å². The van der Waals surface area contributed by atoms with Gasteiger partial charge in [0, 0.05) is 23.4 Å². The Morgan fingerprint density at radius 3 is 2.56 bits per heavy atom. The highest BCUT2D eigenvalue weighted by Crippen LogP contribution is 2.41. The molecule has 0 saturated heterocycles. The molecule has 1 heterocycles. The van der Waals surface area contributed by atoms with Gasteiger partial charge in [0.25, 0.3) is 0 Å². The van der Waals surface area contributed by atoms with Crippen molar-refractivity contribution in [1.82, 2.24) is 0 Å². The van der Waals surface area contributed by atoms with Gasteiger partial charge in [-0.2, -0.15) is 0 Å². The third-order valence-electron chi connectivity index (χ3n) is 2.80. The zero-order valence-electron chi connectivity index (χ0n) is 9.69. The van der Waals surface area contributed by atoms with Crippen molar-refractivity contribution in [1.29, 1.82) is 0 Å². The van der Waals surface area contributed by atoms with Crippen LogP contribution in [-0.2, 0) is 4.79 Å². The Balaban J connectivity index is 2.26. The van der Waals surface area contributed by atoms with Crippen molar-refractivity contribution >= 4 is 22.4 Å². The van der Waals surface area contributed by atoms with E-state index in [1.807, 2.05) is 0 Å². The second-order valence-electron chi connectivity index (χ2n) is 4.06. The number of phenolic OH excluding ortho intramolecular Hbond substituents is 1. The van der Waals surface area contributed by atoms with Crippen LogP contribution in [0, 0.1) is 0 Å². The van der Waals surface area contributed by atoms with Crippen LogP contribution in [0.1, 0.15) is 6.92 Å². The zero-order valence-corrected chi connectivity index (χ0v) is 9.69. The van der Waals surface area contributed by atoms with E-state index in [0.717, 1.165) is 5.39 Å². The van der Waals surface area contributed by atoms with Crippen molar-refractivity contribution in [2.24, 2.45) is 0 Å². The highest BCUT2D eigenvalue weighted by atomic mass is 16.7. The molecule has 0 fully saturated rings. The van der Waals surface area contributed by atoms with Crippen molar-refractivity contribution in [3.8, 4) is 17.2 Å². The molecular formula is C13H11NO4. The minimum atomic E-state index is -0.167. The van der Waals surface area contributed by atoms with Gasteiger partial charge in [-0.1, -0.05) is 0 Å². The molecular weight excluding hydrogens is 234 g/mol. The summed E-state index contributed by atoms with van der Waals surface area (Å²) in [7, 11) is 0. The minimum absolute atomic E-state index is 0.136. The van der Waals surface area contributed by atoms with Gasteiger partial charge in [-0.25, -0.2) is 0 Å². The fourth-order valence-electron chi connectivity index (χ4n) is 2.02. The molecule has 1 amide bonds. The van der Waals surface area contributed by atoms with Crippen LogP contribution in [0.25, 0.3) is 10.8 Å². The van der Waals surface area contributed by atoms with E-state index in [2.05, 4.69) is 5.32 Å². The zero-order chi connectivity index (χ0) is 12.7. The molecule has 5 heteroatoms. The largest absolute Gasteiger partial charge is 0.507 e. The molecule has 0 bridgehead atoms. The normalized spacial score (nSPS) is 12.7. The van der Waals surface area contributed by atoms with Gasteiger partial charge < -0.3 is 19.9 Å². The average Bonchev–Trinajstić information content (AvgIpc) is 2.78. The quantitative estimate of drug-likeness (QED) is 0.756. The molecule has 3 rings (SSSR count). The number of phenols is 1. The number of hydrogen-bond donors (Lipinski definition) is 2. The molecule has 1 aliphatic rings. The van der Waals surface area contributed by atoms with E-state index in [-0.39, 0.29) is 18.4 Å². The lowest BCUT2D eigenvalue weighted by atomic mass is 10.1. The van der Waals surface area contributed by atoms with Gasteiger partial charge in [-0.3, -0.25) is 4.79 Å². The molecule has 2 aromatic carbocycles. The molecule has 0 spiro atoms. The molecule has 0 aliphatic carbocycles. The second kappa shape index (κ2) is 3.80. The molecule has 18 heavy (non-hydrogen) atoms. The number of amides is 1. The summed E-state index contributed by atoms with van der Waals surface area (Å²) in [5.41, 5.74) is 0.633. The Morgan fingerprint density at radius 2 is 1.89 bits per heavy atom. The summed E-state index contributed by atoms with van der Waals surface area (Å²) in [6.07, 6.45) is 0. The Kier molecular flexibility index (Phi) is 2.26. The summed E-state index contributed by atoms with van der Waals surface area (Å²) < 4.78 is 10.6. The van der Waals surface area contributed by atoms with Crippen LogP contribution >= 0.6 is 0 Å². The van der Waals surface area contributed by atoms with E-state index in [1.165, 1.54) is 13.0 Å². The maximum absolute atomic E-state index is 11.1. The van der Waals surface area contributed by atoms with Gasteiger partial charge in [0.2, 0.25) is 12.7 Å². The Bertz CT molecular complexity index is 651. The van der Waals surface area contributed by atoms with Crippen LogP contribution in [0.3, 0.4) is 0 Å². The number of carbonyl (C=O) groups is 1. The molecule has 2 N–H and O–H groups in total. The number of nitrogens with one attached hydrogen (secondary N) is 1. The van der Waals surface area contributed by atoms with Gasteiger partial charge in [0.1, 0.15) is 5.75 Å². The molecule has 5 nitrogen and oxygen atoms in total. The molecule has 0 radical (unpaired) electrons. The average molecular weight is 245 g/mol. The van der Waals surface area contributed by atoms with Gasteiger partial charge in [0.15, 0.2) is 11.5 Å². The molecule has 2 aromatic rings. The van der Waals surface area contributed by atoms with Gasteiger partial charge in [-0.05, 0) is 24.3 Å². The Labute approximate surface area is 103 Å². The Hall–Kier alpha value is -2.43. The number of rotatable bonds is 1. The molecule has 0 aromatic heterocycles. The number of aromatic hydroxyl groups is 1. The van der Waals surface area contributed by atoms with E-state index < -0.39 is 0 Å². The number of anilines is 1. The first-order valence-electron chi connectivity index (χ1n) is 5.48. The summed E-state index contributed by atoms with van der Waals surface area (Å²) in [6.45, 7) is 1.60. The van der Waals surface area contributed by atoms with Crippen molar-refractivity contribution in [3.05, 3.63) is 24.3 Å². The number of fused-ring (bicyclic) bond motifs is 2. The van der Waals surface area contributed by atoms with Crippen LogP contribution in [-0.4, -0.2) is 17.8 Å². The standard InChI is InChI=1S/C13H11NO4/c1-7(15)14-10-2-3-11(16)9-5-13-12(4-8(9)10)17-6-18-13/h2-5,16H,6H2,1H3,(H,14,15). The molecule has 0 saturated carbocycles. The monoisotopic (exact) mass is 245 g/mol. The molecule has 0 unspecified atom stereocenters. The maximum atomic E-state index is 11.1.